The van der Waals surface area contributed by atoms with Crippen LogP contribution in [0.3, 0.4) is 0 Å². The highest BCUT2D eigenvalue weighted by Crippen LogP contribution is 2.19. The van der Waals surface area contributed by atoms with Crippen LogP contribution in [0.2, 0.25) is 0 Å². The van der Waals surface area contributed by atoms with Crippen LogP contribution in [-0.2, 0) is 4.74 Å². The largest absolute Gasteiger partial charge is 0.387 e. The normalized spacial score (nSPS) is 24.6. The molecule has 2 atom stereocenters. The van der Waals surface area contributed by atoms with Gasteiger partial charge in [0.25, 0.3) is 0 Å². The molecule has 0 saturated carbocycles. The molecule has 1 heterocycles. The molecule has 0 amide bonds. The summed E-state index contributed by atoms with van der Waals surface area (Å²) in [5, 5.41) is 22.6. The van der Waals surface area contributed by atoms with E-state index in [1.165, 1.54) is 0 Å². The summed E-state index contributed by atoms with van der Waals surface area (Å²) in [6, 6.07) is 2.94. The molecule has 106 valence electrons. The molecule has 3 N–H and O–H groups in total. The van der Waals surface area contributed by atoms with E-state index in [4.69, 9.17) is 4.74 Å². The third-order valence-electron chi connectivity index (χ3n) is 3.19. The van der Waals surface area contributed by atoms with Crippen LogP contribution in [0.15, 0.2) is 18.2 Å². The predicted octanol–water partition coefficient (Wildman–Crippen LogP) is 0.739. The second-order valence-corrected chi connectivity index (χ2v) is 4.84. The third kappa shape index (κ3) is 3.70. The van der Waals surface area contributed by atoms with Gasteiger partial charge in [-0.3, -0.25) is 0 Å². The van der Waals surface area contributed by atoms with Gasteiger partial charge in [0.2, 0.25) is 0 Å². The van der Waals surface area contributed by atoms with Crippen molar-refractivity contribution in [3.63, 3.8) is 0 Å². The number of ether oxygens (including phenoxy) is 1. The Hall–Kier alpha value is -1.08. The van der Waals surface area contributed by atoms with Gasteiger partial charge in [-0.05, 0) is 18.2 Å². The van der Waals surface area contributed by atoms with Crippen LogP contribution < -0.4 is 5.32 Å². The summed E-state index contributed by atoms with van der Waals surface area (Å²) in [6.07, 6.45) is -0.647. The molecule has 6 heteroatoms. The molecule has 1 aliphatic heterocycles. The van der Waals surface area contributed by atoms with E-state index in [9.17, 15) is 19.0 Å². The number of hydrogen-bond acceptors (Lipinski definition) is 4. The van der Waals surface area contributed by atoms with E-state index in [1.807, 2.05) is 0 Å². The van der Waals surface area contributed by atoms with Crippen LogP contribution in [0.4, 0.5) is 8.78 Å². The van der Waals surface area contributed by atoms with E-state index >= 15 is 0 Å². The monoisotopic (exact) mass is 273 g/mol. The minimum absolute atomic E-state index is 0.0304. The molecule has 0 spiro atoms. The van der Waals surface area contributed by atoms with Crippen molar-refractivity contribution in [3.8, 4) is 0 Å². The Balaban J connectivity index is 1.87. The van der Waals surface area contributed by atoms with Crippen LogP contribution in [-0.4, -0.2) is 42.1 Å². The van der Waals surface area contributed by atoms with Gasteiger partial charge in [0.1, 0.15) is 17.2 Å². The fourth-order valence-electron chi connectivity index (χ4n) is 2.06. The van der Waals surface area contributed by atoms with Gasteiger partial charge in [-0.1, -0.05) is 0 Å². The fraction of sp³-hybridized carbons (Fsp3) is 0.538. The minimum Gasteiger partial charge on any atom is -0.387 e. The molecule has 2 rings (SSSR count). The first-order valence-electron chi connectivity index (χ1n) is 6.14. The molecule has 0 bridgehead atoms. The van der Waals surface area contributed by atoms with Gasteiger partial charge in [-0.15, -0.1) is 0 Å². The molecule has 1 aliphatic rings. The number of halogens is 2. The molecule has 1 aromatic rings. The van der Waals surface area contributed by atoms with Gasteiger partial charge in [0.05, 0.1) is 12.7 Å². The number of rotatable bonds is 5. The third-order valence-corrected chi connectivity index (χ3v) is 3.19. The maximum absolute atomic E-state index is 13.4. The van der Waals surface area contributed by atoms with Crippen molar-refractivity contribution >= 4 is 0 Å². The summed E-state index contributed by atoms with van der Waals surface area (Å²) < 4.78 is 31.5. The van der Waals surface area contributed by atoms with E-state index in [2.05, 4.69) is 5.32 Å². The molecule has 19 heavy (non-hydrogen) atoms. The van der Waals surface area contributed by atoms with Gasteiger partial charge >= 0.3 is 0 Å². The lowest BCUT2D eigenvalue weighted by atomic mass is 10.0. The van der Waals surface area contributed by atoms with Gasteiger partial charge in [0.15, 0.2) is 0 Å². The Bertz CT molecular complexity index is 436. The lowest BCUT2D eigenvalue weighted by Gasteiger charge is -2.22. The molecule has 1 aromatic carbocycles. The molecule has 0 radical (unpaired) electrons. The van der Waals surface area contributed by atoms with Crippen molar-refractivity contribution in [2.45, 2.75) is 18.1 Å². The quantitative estimate of drug-likeness (QED) is 0.740. The lowest BCUT2D eigenvalue weighted by Crippen LogP contribution is -2.42. The fourth-order valence-corrected chi connectivity index (χ4v) is 2.06. The topological polar surface area (TPSA) is 61.7 Å². The Morgan fingerprint density at radius 3 is 2.89 bits per heavy atom. The van der Waals surface area contributed by atoms with Gasteiger partial charge in [0, 0.05) is 31.7 Å². The predicted molar refractivity (Wildman–Crippen MR) is 64.6 cm³/mol. The van der Waals surface area contributed by atoms with Crippen LogP contribution in [0, 0.1) is 11.6 Å². The summed E-state index contributed by atoms with van der Waals surface area (Å²) in [7, 11) is 0. The average molecular weight is 273 g/mol. The van der Waals surface area contributed by atoms with Crippen LogP contribution >= 0.6 is 0 Å². The van der Waals surface area contributed by atoms with Crippen LogP contribution in [0.25, 0.3) is 0 Å². The molecular formula is C13H17F2NO3. The number of hydrogen-bond donors (Lipinski definition) is 3. The highest BCUT2D eigenvalue weighted by molar-refractivity contribution is 5.21. The van der Waals surface area contributed by atoms with E-state index in [1.54, 1.807) is 0 Å². The van der Waals surface area contributed by atoms with E-state index in [0.29, 0.717) is 13.0 Å². The maximum atomic E-state index is 13.4. The Kier molecular flexibility index (Phi) is 4.46. The van der Waals surface area contributed by atoms with Gasteiger partial charge in [-0.2, -0.15) is 0 Å². The zero-order valence-corrected chi connectivity index (χ0v) is 10.4. The molecule has 2 unspecified atom stereocenters. The molecule has 4 nitrogen and oxygen atoms in total. The molecule has 0 aliphatic carbocycles. The van der Waals surface area contributed by atoms with E-state index < -0.39 is 23.3 Å². The lowest BCUT2D eigenvalue weighted by molar-refractivity contribution is 0.0243. The number of benzene rings is 1. The zero-order chi connectivity index (χ0) is 13.9. The average Bonchev–Trinajstić information content (AvgIpc) is 2.79. The molecular weight excluding hydrogens is 256 g/mol. The number of aliphatic hydroxyl groups is 2. The summed E-state index contributed by atoms with van der Waals surface area (Å²) in [5.41, 5.74) is -1.04. The Labute approximate surface area is 110 Å². The van der Waals surface area contributed by atoms with E-state index in [0.717, 1.165) is 18.2 Å². The van der Waals surface area contributed by atoms with Crippen molar-refractivity contribution in [1.82, 2.24) is 5.32 Å². The summed E-state index contributed by atoms with van der Waals surface area (Å²) in [5.74, 6) is -1.25. The van der Waals surface area contributed by atoms with Crippen molar-refractivity contribution in [2.75, 3.05) is 26.3 Å². The summed E-state index contributed by atoms with van der Waals surface area (Å²) in [6.45, 7) is 1.01. The highest BCUT2D eigenvalue weighted by Gasteiger charge is 2.31. The standard InChI is InChI=1S/C13H17F2NO3/c14-9-1-2-11(15)10(5-9)12(17)6-16-7-13(18)3-4-19-8-13/h1-2,5,12,16-18H,3-4,6-8H2. The van der Waals surface area contributed by atoms with Crippen molar-refractivity contribution in [3.05, 3.63) is 35.4 Å². The SMILES string of the molecule is OC(CNCC1(O)CCOC1)c1cc(F)ccc1F. The Morgan fingerprint density at radius 2 is 2.21 bits per heavy atom. The van der Waals surface area contributed by atoms with Crippen molar-refractivity contribution in [2.24, 2.45) is 0 Å². The van der Waals surface area contributed by atoms with Crippen LogP contribution in [0.5, 0.6) is 0 Å². The second kappa shape index (κ2) is 5.92. The minimum atomic E-state index is -1.17. The van der Waals surface area contributed by atoms with Gasteiger partial charge < -0.3 is 20.3 Å². The van der Waals surface area contributed by atoms with Crippen molar-refractivity contribution < 1.29 is 23.7 Å². The first-order valence-corrected chi connectivity index (χ1v) is 6.14. The van der Waals surface area contributed by atoms with Crippen molar-refractivity contribution in [1.29, 1.82) is 0 Å². The number of aliphatic hydroxyl groups excluding tert-OH is 1. The van der Waals surface area contributed by atoms with E-state index in [-0.39, 0.29) is 25.3 Å². The second-order valence-electron chi connectivity index (χ2n) is 4.84. The molecule has 0 aromatic heterocycles. The first kappa shape index (κ1) is 14.3. The molecule has 1 fully saturated rings. The first-order chi connectivity index (χ1) is 9.00. The summed E-state index contributed by atoms with van der Waals surface area (Å²) in [4.78, 5) is 0. The maximum Gasteiger partial charge on any atom is 0.129 e. The summed E-state index contributed by atoms with van der Waals surface area (Å²) >= 11 is 0. The van der Waals surface area contributed by atoms with Crippen LogP contribution in [0.1, 0.15) is 18.1 Å². The smallest absolute Gasteiger partial charge is 0.129 e. The molecule has 1 saturated heterocycles. The number of nitrogens with one attached hydrogen (secondary N) is 1. The Morgan fingerprint density at radius 1 is 1.42 bits per heavy atom. The zero-order valence-electron chi connectivity index (χ0n) is 10.4. The highest BCUT2D eigenvalue weighted by atomic mass is 19.1. The van der Waals surface area contributed by atoms with Gasteiger partial charge in [-0.25, -0.2) is 8.78 Å².